The minimum atomic E-state index is -0.339. The van der Waals surface area contributed by atoms with Crippen molar-refractivity contribution in [3.63, 3.8) is 0 Å². The minimum Gasteiger partial charge on any atom is -0.391 e. The van der Waals surface area contributed by atoms with Crippen LogP contribution in [0.4, 0.5) is 0 Å². The third-order valence-electron chi connectivity index (χ3n) is 3.89. The predicted octanol–water partition coefficient (Wildman–Crippen LogP) is 2.61. The van der Waals surface area contributed by atoms with Gasteiger partial charge in [-0.05, 0) is 31.0 Å². The Labute approximate surface area is 128 Å². The average Bonchev–Trinajstić information content (AvgIpc) is 2.54. The van der Waals surface area contributed by atoms with Gasteiger partial charge in [-0.25, -0.2) is 0 Å². The zero-order valence-electron chi connectivity index (χ0n) is 13.9. The van der Waals surface area contributed by atoms with Gasteiger partial charge in [-0.2, -0.15) is 0 Å². The van der Waals surface area contributed by atoms with Crippen LogP contribution >= 0.6 is 0 Å². The van der Waals surface area contributed by atoms with E-state index in [2.05, 4.69) is 23.1 Å². The summed E-state index contributed by atoms with van der Waals surface area (Å²) in [7, 11) is 5.27. The van der Waals surface area contributed by atoms with Crippen molar-refractivity contribution in [3.8, 4) is 0 Å². The summed E-state index contributed by atoms with van der Waals surface area (Å²) in [4.78, 5) is 2.11. The lowest BCUT2D eigenvalue weighted by Crippen LogP contribution is -2.41. The van der Waals surface area contributed by atoms with Crippen LogP contribution in [0.2, 0.25) is 0 Å². The number of hydrogen-bond donors (Lipinski definition) is 1. The molecule has 1 N–H and O–H groups in total. The zero-order valence-corrected chi connectivity index (χ0v) is 13.9. The second kappa shape index (κ2) is 9.15. The largest absolute Gasteiger partial charge is 0.391 e. The SMILES string of the molecule is CC.COC(CN(C)[C@@H]1c2ccccc2CC[C@H]1O)OC. The van der Waals surface area contributed by atoms with Crippen LogP contribution in [0.3, 0.4) is 0 Å². The van der Waals surface area contributed by atoms with E-state index in [9.17, 15) is 5.11 Å². The van der Waals surface area contributed by atoms with Gasteiger partial charge >= 0.3 is 0 Å². The minimum absolute atomic E-state index is 0.0118. The van der Waals surface area contributed by atoms with E-state index in [0.717, 1.165) is 12.8 Å². The summed E-state index contributed by atoms with van der Waals surface area (Å²) < 4.78 is 10.5. The molecular weight excluding hydrogens is 266 g/mol. The molecule has 0 heterocycles. The highest BCUT2D eigenvalue weighted by atomic mass is 16.7. The zero-order chi connectivity index (χ0) is 15.8. The number of likely N-dealkylation sites (N-methyl/N-ethyl adjacent to an activating group) is 1. The van der Waals surface area contributed by atoms with Crippen LogP contribution in [0.5, 0.6) is 0 Å². The molecule has 2 atom stereocenters. The van der Waals surface area contributed by atoms with Gasteiger partial charge in [-0.1, -0.05) is 38.1 Å². The van der Waals surface area contributed by atoms with Crippen LogP contribution in [0.25, 0.3) is 0 Å². The molecule has 0 amide bonds. The molecule has 1 aromatic rings. The Hall–Kier alpha value is -0.940. The number of ether oxygens (including phenoxy) is 2. The second-order valence-corrected chi connectivity index (χ2v) is 5.09. The Kier molecular flexibility index (Phi) is 7.89. The summed E-state index contributed by atoms with van der Waals surface area (Å²) >= 11 is 0. The Morgan fingerprint density at radius 3 is 2.48 bits per heavy atom. The van der Waals surface area contributed by atoms with E-state index in [1.54, 1.807) is 14.2 Å². The van der Waals surface area contributed by atoms with Gasteiger partial charge in [0.05, 0.1) is 12.1 Å². The maximum atomic E-state index is 10.3. The highest BCUT2D eigenvalue weighted by Crippen LogP contribution is 2.33. The summed E-state index contributed by atoms with van der Waals surface area (Å²) in [5.41, 5.74) is 2.55. The van der Waals surface area contributed by atoms with E-state index in [-0.39, 0.29) is 18.4 Å². The van der Waals surface area contributed by atoms with E-state index in [1.165, 1.54) is 11.1 Å². The van der Waals surface area contributed by atoms with Crippen molar-refractivity contribution in [3.05, 3.63) is 35.4 Å². The summed E-state index contributed by atoms with van der Waals surface area (Å²) in [5, 5.41) is 10.3. The fourth-order valence-electron chi connectivity index (χ4n) is 2.84. The molecule has 4 nitrogen and oxygen atoms in total. The molecule has 0 unspecified atom stereocenters. The Balaban J connectivity index is 0.00000106. The first-order valence-electron chi connectivity index (χ1n) is 7.69. The number of fused-ring (bicyclic) bond motifs is 1. The third-order valence-corrected chi connectivity index (χ3v) is 3.89. The van der Waals surface area contributed by atoms with E-state index >= 15 is 0 Å². The summed E-state index contributed by atoms with van der Waals surface area (Å²) in [6.45, 7) is 4.63. The first-order chi connectivity index (χ1) is 10.2. The Morgan fingerprint density at radius 2 is 1.86 bits per heavy atom. The third kappa shape index (κ3) is 4.51. The van der Waals surface area contributed by atoms with Crippen LogP contribution in [0.1, 0.15) is 37.4 Å². The van der Waals surface area contributed by atoms with Gasteiger partial charge < -0.3 is 14.6 Å². The standard InChI is InChI=1S/C15H23NO3.C2H6/c1-16(10-14(18-2)19-3)15-12-7-5-4-6-11(12)8-9-13(15)17;1-2/h4-7,13-15,17H,8-10H2,1-3H3;1-2H3/t13-,15-;/m1./s1. The lowest BCUT2D eigenvalue weighted by Gasteiger charge is -2.37. The molecule has 0 saturated heterocycles. The molecule has 0 fully saturated rings. The van der Waals surface area contributed by atoms with Crippen molar-refractivity contribution in [1.29, 1.82) is 0 Å². The molecule has 2 rings (SSSR count). The monoisotopic (exact) mass is 295 g/mol. The molecule has 1 aromatic carbocycles. The van der Waals surface area contributed by atoms with Crippen LogP contribution in [0.15, 0.2) is 24.3 Å². The van der Waals surface area contributed by atoms with Gasteiger partial charge in [-0.15, -0.1) is 0 Å². The molecule has 0 spiro atoms. The maximum absolute atomic E-state index is 10.3. The van der Waals surface area contributed by atoms with Crippen molar-refractivity contribution in [2.45, 2.75) is 45.1 Å². The van der Waals surface area contributed by atoms with Crippen LogP contribution in [0, 0.1) is 0 Å². The highest BCUT2D eigenvalue weighted by Gasteiger charge is 2.31. The number of benzene rings is 1. The van der Waals surface area contributed by atoms with Crippen LogP contribution in [-0.4, -0.2) is 50.2 Å². The maximum Gasteiger partial charge on any atom is 0.169 e. The molecule has 0 aromatic heterocycles. The second-order valence-electron chi connectivity index (χ2n) is 5.09. The van der Waals surface area contributed by atoms with E-state index in [0.29, 0.717) is 6.54 Å². The molecule has 0 aliphatic heterocycles. The Morgan fingerprint density at radius 1 is 1.24 bits per heavy atom. The summed E-state index contributed by atoms with van der Waals surface area (Å²) in [6.07, 6.45) is 1.14. The topological polar surface area (TPSA) is 41.9 Å². The normalized spacial score (nSPS) is 21.0. The number of aliphatic hydroxyl groups excluding tert-OH is 1. The highest BCUT2D eigenvalue weighted by molar-refractivity contribution is 5.33. The van der Waals surface area contributed by atoms with E-state index in [4.69, 9.17) is 9.47 Å². The first-order valence-corrected chi connectivity index (χ1v) is 7.69. The molecule has 1 aliphatic rings. The predicted molar refractivity (Wildman–Crippen MR) is 85.3 cm³/mol. The van der Waals surface area contributed by atoms with Crippen molar-refractivity contribution in [1.82, 2.24) is 4.90 Å². The van der Waals surface area contributed by atoms with Gasteiger partial charge in [0.1, 0.15) is 0 Å². The first kappa shape index (κ1) is 18.1. The fourth-order valence-corrected chi connectivity index (χ4v) is 2.84. The van der Waals surface area contributed by atoms with Gasteiger partial charge in [-0.3, -0.25) is 4.90 Å². The molecule has 4 heteroatoms. The number of nitrogens with zero attached hydrogens (tertiary/aromatic N) is 1. The molecule has 0 bridgehead atoms. The van der Waals surface area contributed by atoms with Gasteiger partial charge in [0, 0.05) is 20.8 Å². The van der Waals surface area contributed by atoms with E-state index < -0.39 is 0 Å². The number of aliphatic hydroxyl groups is 1. The number of aryl methyl sites for hydroxylation is 1. The molecule has 1 aliphatic carbocycles. The van der Waals surface area contributed by atoms with Crippen LogP contribution < -0.4 is 0 Å². The van der Waals surface area contributed by atoms with Crippen molar-refractivity contribution >= 4 is 0 Å². The Bertz CT molecular complexity index is 407. The lowest BCUT2D eigenvalue weighted by atomic mass is 9.85. The lowest BCUT2D eigenvalue weighted by molar-refractivity contribution is -0.123. The van der Waals surface area contributed by atoms with Gasteiger partial charge in [0.25, 0.3) is 0 Å². The van der Waals surface area contributed by atoms with Gasteiger partial charge in [0.15, 0.2) is 6.29 Å². The van der Waals surface area contributed by atoms with Crippen molar-refractivity contribution in [2.24, 2.45) is 0 Å². The van der Waals surface area contributed by atoms with Crippen LogP contribution in [-0.2, 0) is 15.9 Å². The molecule has 0 radical (unpaired) electrons. The van der Waals surface area contributed by atoms with Crippen molar-refractivity contribution < 1.29 is 14.6 Å². The summed E-state index contributed by atoms with van der Waals surface area (Å²) in [5.74, 6) is 0. The van der Waals surface area contributed by atoms with E-state index in [1.807, 2.05) is 27.0 Å². The quantitative estimate of drug-likeness (QED) is 0.848. The summed E-state index contributed by atoms with van der Waals surface area (Å²) in [6, 6.07) is 8.35. The van der Waals surface area contributed by atoms with Gasteiger partial charge in [0.2, 0.25) is 0 Å². The molecule has 0 saturated carbocycles. The smallest absolute Gasteiger partial charge is 0.169 e. The average molecular weight is 295 g/mol. The number of rotatable bonds is 5. The van der Waals surface area contributed by atoms with Crippen molar-refractivity contribution in [2.75, 3.05) is 27.8 Å². The molecule has 21 heavy (non-hydrogen) atoms. The molecule has 120 valence electrons. The number of hydrogen-bond acceptors (Lipinski definition) is 4. The fraction of sp³-hybridized carbons (Fsp3) is 0.647. The number of methoxy groups -OCH3 is 2. The molecular formula is C17H29NO3.